The molecule has 0 amide bonds. The summed E-state index contributed by atoms with van der Waals surface area (Å²) in [6.45, 7) is 0. The molecule has 0 nitrogen and oxygen atoms in total. The summed E-state index contributed by atoms with van der Waals surface area (Å²) in [6, 6.07) is 0. The summed E-state index contributed by atoms with van der Waals surface area (Å²) < 4.78 is -0.914. The van der Waals surface area contributed by atoms with Gasteiger partial charge in [-0.15, -0.1) is 23.2 Å². The Labute approximate surface area is 74.4 Å². The van der Waals surface area contributed by atoms with Gasteiger partial charge in [-0.2, -0.15) is 0 Å². The van der Waals surface area contributed by atoms with Crippen LogP contribution in [-0.2, 0) is 0 Å². The molecule has 0 aliphatic heterocycles. The number of rotatable bonds is 0. The van der Waals surface area contributed by atoms with E-state index in [4.69, 9.17) is 46.4 Å². The van der Waals surface area contributed by atoms with Crippen molar-refractivity contribution < 1.29 is 0 Å². The number of hydrogen-bond acceptors (Lipinski definition) is 0. The van der Waals surface area contributed by atoms with Gasteiger partial charge in [0.25, 0.3) is 0 Å². The minimum Gasteiger partial charge on any atom is -0.120 e. The lowest BCUT2D eigenvalue weighted by Gasteiger charge is -2.18. The van der Waals surface area contributed by atoms with Crippen molar-refractivity contribution in [1.82, 2.24) is 0 Å². The molecule has 0 bridgehead atoms. The molecule has 54 valence electrons. The smallest absolute Gasteiger partial charge is 0.120 e. The molecule has 9 heavy (non-hydrogen) atoms. The number of alkyl halides is 4. The fraction of sp³-hybridized carbons (Fsp3) is 1.00. The molecule has 0 aromatic carbocycles. The van der Waals surface area contributed by atoms with Crippen molar-refractivity contribution in [2.75, 3.05) is 0 Å². The van der Waals surface area contributed by atoms with E-state index in [0.717, 1.165) is 12.8 Å². The van der Waals surface area contributed by atoms with E-state index >= 15 is 0 Å². The molecule has 0 spiro atoms. The van der Waals surface area contributed by atoms with E-state index in [-0.39, 0.29) is 10.8 Å². The summed E-state index contributed by atoms with van der Waals surface area (Å²) in [5, 5.41) is -0.383. The maximum Gasteiger partial charge on any atom is 0.150 e. The molecule has 1 aliphatic rings. The van der Waals surface area contributed by atoms with Crippen LogP contribution >= 0.6 is 46.4 Å². The minimum absolute atomic E-state index is 0.191. The van der Waals surface area contributed by atoms with Crippen molar-refractivity contribution in [2.45, 2.75) is 27.9 Å². The highest BCUT2D eigenvalue weighted by Gasteiger charge is 2.46. The second kappa shape index (κ2) is 2.65. The standard InChI is InChI=1S/C5H6Cl4/c6-3-1-2-4(7)5(3,8)9/h3-4H,1-2H2. The first-order chi connectivity index (χ1) is 4.05. The quantitative estimate of drug-likeness (QED) is 0.536. The first-order valence-electron chi connectivity index (χ1n) is 2.71. The Bertz CT molecular complexity index is 99.5. The van der Waals surface area contributed by atoms with Crippen molar-refractivity contribution in [3.8, 4) is 0 Å². The highest BCUT2D eigenvalue weighted by Crippen LogP contribution is 2.45. The number of halogens is 4. The van der Waals surface area contributed by atoms with Crippen LogP contribution in [-0.4, -0.2) is 15.1 Å². The van der Waals surface area contributed by atoms with E-state index in [2.05, 4.69) is 0 Å². The van der Waals surface area contributed by atoms with E-state index in [1.807, 2.05) is 0 Å². The Kier molecular flexibility index (Phi) is 2.44. The predicted octanol–water partition coefficient (Wildman–Crippen LogP) is 3.17. The van der Waals surface area contributed by atoms with Gasteiger partial charge in [-0.1, -0.05) is 23.2 Å². The van der Waals surface area contributed by atoms with Crippen LogP contribution in [0.3, 0.4) is 0 Å². The zero-order valence-electron chi connectivity index (χ0n) is 4.58. The molecule has 1 rings (SSSR count). The monoisotopic (exact) mass is 206 g/mol. The lowest BCUT2D eigenvalue weighted by Crippen LogP contribution is -2.27. The van der Waals surface area contributed by atoms with Crippen molar-refractivity contribution in [3.05, 3.63) is 0 Å². The third-order valence-electron chi connectivity index (χ3n) is 1.51. The Balaban J connectivity index is 2.66. The van der Waals surface area contributed by atoms with Crippen LogP contribution in [0.4, 0.5) is 0 Å². The van der Waals surface area contributed by atoms with Gasteiger partial charge >= 0.3 is 0 Å². The number of hydrogen-bond donors (Lipinski definition) is 0. The molecule has 1 aliphatic carbocycles. The van der Waals surface area contributed by atoms with Crippen LogP contribution in [0.2, 0.25) is 0 Å². The molecule has 0 aromatic heterocycles. The van der Waals surface area contributed by atoms with Crippen molar-refractivity contribution in [2.24, 2.45) is 0 Å². The van der Waals surface area contributed by atoms with Crippen LogP contribution in [0.1, 0.15) is 12.8 Å². The molecule has 1 fully saturated rings. The molecule has 4 heteroatoms. The van der Waals surface area contributed by atoms with Gasteiger partial charge in [-0.3, -0.25) is 0 Å². The van der Waals surface area contributed by atoms with Gasteiger partial charge in [-0.25, -0.2) is 0 Å². The molecular weight excluding hydrogens is 202 g/mol. The van der Waals surface area contributed by atoms with Crippen molar-refractivity contribution >= 4 is 46.4 Å². The van der Waals surface area contributed by atoms with Crippen LogP contribution in [0.5, 0.6) is 0 Å². The van der Waals surface area contributed by atoms with E-state index in [1.54, 1.807) is 0 Å². The molecule has 2 atom stereocenters. The molecule has 2 unspecified atom stereocenters. The van der Waals surface area contributed by atoms with Crippen LogP contribution in [0, 0.1) is 0 Å². The lowest BCUT2D eigenvalue weighted by molar-refractivity contribution is 0.830. The van der Waals surface area contributed by atoms with Crippen LogP contribution < -0.4 is 0 Å². The Morgan fingerprint density at radius 1 is 1.00 bits per heavy atom. The summed E-state index contributed by atoms with van der Waals surface area (Å²) in [5.74, 6) is 0. The van der Waals surface area contributed by atoms with Gasteiger partial charge in [0.05, 0.1) is 10.8 Å². The first kappa shape index (κ1) is 8.26. The normalized spacial score (nSPS) is 41.3. The summed E-state index contributed by atoms with van der Waals surface area (Å²) >= 11 is 23.0. The summed E-state index contributed by atoms with van der Waals surface area (Å²) in [5.41, 5.74) is 0. The molecule has 0 aromatic rings. The highest BCUT2D eigenvalue weighted by atomic mass is 35.5. The van der Waals surface area contributed by atoms with Gasteiger partial charge in [-0.05, 0) is 12.8 Å². The van der Waals surface area contributed by atoms with Gasteiger partial charge in [0.15, 0.2) is 4.33 Å². The first-order valence-corrected chi connectivity index (χ1v) is 4.34. The second-order valence-corrected chi connectivity index (χ2v) is 4.68. The van der Waals surface area contributed by atoms with E-state index < -0.39 is 4.33 Å². The largest absolute Gasteiger partial charge is 0.150 e. The van der Waals surface area contributed by atoms with E-state index in [9.17, 15) is 0 Å². The van der Waals surface area contributed by atoms with E-state index in [1.165, 1.54) is 0 Å². The van der Waals surface area contributed by atoms with E-state index in [0.29, 0.717) is 0 Å². The molecule has 0 saturated heterocycles. The summed E-state index contributed by atoms with van der Waals surface area (Å²) in [4.78, 5) is 0. The Morgan fingerprint density at radius 3 is 1.44 bits per heavy atom. The fourth-order valence-electron chi connectivity index (χ4n) is 0.874. The Hall–Kier alpha value is 1.16. The third-order valence-corrected chi connectivity index (χ3v) is 4.13. The van der Waals surface area contributed by atoms with Crippen molar-refractivity contribution in [1.29, 1.82) is 0 Å². The zero-order valence-corrected chi connectivity index (χ0v) is 7.60. The maximum atomic E-state index is 5.77. The lowest BCUT2D eigenvalue weighted by atomic mass is 10.3. The van der Waals surface area contributed by atoms with Gasteiger partial charge in [0, 0.05) is 0 Å². The molecular formula is C5H6Cl4. The maximum absolute atomic E-state index is 5.77. The molecule has 0 radical (unpaired) electrons. The summed E-state index contributed by atoms with van der Waals surface area (Å²) in [6.07, 6.45) is 1.62. The highest BCUT2D eigenvalue weighted by molar-refractivity contribution is 6.56. The second-order valence-electron chi connectivity index (χ2n) is 2.19. The predicted molar refractivity (Wildman–Crippen MR) is 43.0 cm³/mol. The average molecular weight is 208 g/mol. The fourth-order valence-corrected chi connectivity index (χ4v) is 1.93. The van der Waals surface area contributed by atoms with Crippen molar-refractivity contribution in [3.63, 3.8) is 0 Å². The topological polar surface area (TPSA) is 0 Å². The van der Waals surface area contributed by atoms with Gasteiger partial charge in [0.2, 0.25) is 0 Å². The molecule has 0 heterocycles. The van der Waals surface area contributed by atoms with Crippen LogP contribution in [0.15, 0.2) is 0 Å². The Morgan fingerprint density at radius 2 is 1.33 bits per heavy atom. The molecule has 0 N–H and O–H groups in total. The average Bonchev–Trinajstić information content (AvgIpc) is 1.96. The SMILES string of the molecule is ClC1CCC(Cl)C1(Cl)Cl. The minimum atomic E-state index is -0.914. The summed E-state index contributed by atoms with van der Waals surface area (Å²) in [7, 11) is 0. The van der Waals surface area contributed by atoms with Gasteiger partial charge < -0.3 is 0 Å². The van der Waals surface area contributed by atoms with Crippen LogP contribution in [0.25, 0.3) is 0 Å². The van der Waals surface area contributed by atoms with Gasteiger partial charge in [0.1, 0.15) is 0 Å². The molecule has 1 saturated carbocycles. The third kappa shape index (κ3) is 1.42. The zero-order chi connectivity index (χ0) is 7.07.